The minimum atomic E-state index is -4.54. The number of halogens is 3. The zero-order chi connectivity index (χ0) is 25.7. The molecule has 1 amide bonds. The lowest BCUT2D eigenvalue weighted by Gasteiger charge is -2.22. The number of carbonyl (C=O) groups is 1. The molecule has 8 nitrogen and oxygen atoms in total. The van der Waals surface area contributed by atoms with Gasteiger partial charge in [-0.05, 0) is 54.6 Å². The zero-order valence-corrected chi connectivity index (χ0v) is 19.6. The van der Waals surface area contributed by atoms with Crippen molar-refractivity contribution >= 4 is 38.3 Å². The van der Waals surface area contributed by atoms with Crippen molar-refractivity contribution < 1.29 is 31.1 Å². The quantitative estimate of drug-likeness (QED) is 0.435. The monoisotopic (exact) mass is 516 g/mol. The Morgan fingerprint density at radius 2 is 1.86 bits per heavy atom. The Morgan fingerprint density at radius 3 is 2.58 bits per heavy atom. The third kappa shape index (κ3) is 4.13. The normalized spacial score (nSPS) is 15.2. The van der Waals surface area contributed by atoms with Crippen LogP contribution in [0.25, 0.3) is 11.0 Å². The lowest BCUT2D eigenvalue weighted by atomic mass is 10.2. The third-order valence-electron chi connectivity index (χ3n) is 5.78. The standard InChI is InChI=1S/C24H19F3N4O4S/c1-30-14-19(18-3-2-10-28-22(18)30)23(32)29-16-6-9-20-21(13-16)36(33,34)31(11-12-35-20)17-7-4-15(5-8-17)24(25,26)27/h2-10,13-14H,11-12H2,1H3,(H,29,32). The molecule has 1 aliphatic heterocycles. The number of aromatic nitrogens is 2. The summed E-state index contributed by atoms with van der Waals surface area (Å²) in [6.45, 7) is -0.116. The molecule has 0 spiro atoms. The van der Waals surface area contributed by atoms with E-state index in [2.05, 4.69) is 10.3 Å². The van der Waals surface area contributed by atoms with Gasteiger partial charge in [0.25, 0.3) is 15.9 Å². The highest BCUT2D eigenvalue weighted by atomic mass is 32.2. The number of nitrogens with one attached hydrogen (secondary N) is 1. The maximum atomic E-state index is 13.5. The summed E-state index contributed by atoms with van der Waals surface area (Å²) >= 11 is 0. The molecule has 5 rings (SSSR count). The molecule has 4 aromatic rings. The first kappa shape index (κ1) is 23.7. The predicted octanol–water partition coefficient (Wildman–Crippen LogP) is 4.43. The Balaban J connectivity index is 1.47. The topological polar surface area (TPSA) is 93.5 Å². The van der Waals surface area contributed by atoms with Gasteiger partial charge >= 0.3 is 6.18 Å². The van der Waals surface area contributed by atoms with Gasteiger partial charge in [0.15, 0.2) is 0 Å². The number of hydrogen-bond donors (Lipinski definition) is 1. The number of anilines is 2. The van der Waals surface area contributed by atoms with E-state index in [0.29, 0.717) is 16.6 Å². The molecule has 186 valence electrons. The molecule has 0 radical (unpaired) electrons. The first-order valence-corrected chi connectivity index (χ1v) is 12.2. The van der Waals surface area contributed by atoms with Gasteiger partial charge in [-0.15, -0.1) is 0 Å². The largest absolute Gasteiger partial charge is 0.490 e. The minimum Gasteiger partial charge on any atom is -0.490 e. The average molecular weight is 517 g/mol. The summed E-state index contributed by atoms with van der Waals surface area (Å²) in [4.78, 5) is 17.0. The van der Waals surface area contributed by atoms with E-state index >= 15 is 0 Å². The number of amides is 1. The SMILES string of the molecule is Cn1cc(C(=O)Nc2ccc3c(c2)S(=O)(=O)N(c2ccc(C(F)(F)F)cc2)CCO3)c2cccnc21. The van der Waals surface area contributed by atoms with Crippen molar-refractivity contribution in [2.24, 2.45) is 7.05 Å². The molecule has 3 heterocycles. The van der Waals surface area contributed by atoms with Crippen LogP contribution >= 0.6 is 0 Å². The van der Waals surface area contributed by atoms with Crippen molar-refractivity contribution in [2.45, 2.75) is 11.1 Å². The highest BCUT2D eigenvalue weighted by molar-refractivity contribution is 7.93. The molecule has 1 aliphatic rings. The van der Waals surface area contributed by atoms with Crippen LogP contribution in [0, 0.1) is 0 Å². The first-order chi connectivity index (χ1) is 17.1. The number of carbonyl (C=O) groups excluding carboxylic acids is 1. The van der Waals surface area contributed by atoms with Crippen molar-refractivity contribution in [1.29, 1.82) is 0 Å². The maximum absolute atomic E-state index is 13.5. The van der Waals surface area contributed by atoms with Crippen LogP contribution in [0.15, 0.2) is 71.9 Å². The summed E-state index contributed by atoms with van der Waals surface area (Å²) in [6.07, 6.45) is -1.30. The number of hydrogen-bond acceptors (Lipinski definition) is 5. The Morgan fingerprint density at radius 1 is 1.11 bits per heavy atom. The van der Waals surface area contributed by atoms with Crippen LogP contribution in [-0.4, -0.2) is 37.0 Å². The summed E-state index contributed by atoms with van der Waals surface area (Å²) < 4.78 is 74.1. The molecule has 0 fully saturated rings. The number of fused-ring (bicyclic) bond motifs is 2. The molecular weight excluding hydrogens is 497 g/mol. The second-order valence-corrected chi connectivity index (χ2v) is 9.94. The van der Waals surface area contributed by atoms with Crippen molar-refractivity contribution in [3.05, 3.63) is 78.1 Å². The molecule has 0 saturated carbocycles. The van der Waals surface area contributed by atoms with Crippen LogP contribution in [0.3, 0.4) is 0 Å². The molecular formula is C24H19F3N4O4S. The molecule has 36 heavy (non-hydrogen) atoms. The molecule has 2 aromatic carbocycles. The molecule has 1 N–H and O–H groups in total. The van der Waals surface area contributed by atoms with E-state index < -0.39 is 27.7 Å². The number of aryl methyl sites for hydroxylation is 1. The fourth-order valence-electron chi connectivity index (χ4n) is 4.06. The minimum absolute atomic E-state index is 0.0119. The van der Waals surface area contributed by atoms with Crippen LogP contribution in [-0.2, 0) is 23.2 Å². The second kappa shape index (κ2) is 8.55. The molecule has 12 heteroatoms. The van der Waals surface area contributed by atoms with E-state index in [1.807, 2.05) is 0 Å². The molecule has 2 aromatic heterocycles. The van der Waals surface area contributed by atoms with Gasteiger partial charge in [0.05, 0.1) is 23.4 Å². The van der Waals surface area contributed by atoms with Crippen molar-refractivity contribution in [3.63, 3.8) is 0 Å². The van der Waals surface area contributed by atoms with Gasteiger partial charge in [-0.1, -0.05) is 0 Å². The van der Waals surface area contributed by atoms with Gasteiger partial charge in [-0.3, -0.25) is 9.10 Å². The number of rotatable bonds is 3. The van der Waals surface area contributed by atoms with E-state index in [-0.39, 0.29) is 35.2 Å². The van der Waals surface area contributed by atoms with Gasteiger partial charge in [0, 0.05) is 30.5 Å². The molecule has 0 atom stereocenters. The molecule has 0 bridgehead atoms. The summed E-state index contributed by atoms with van der Waals surface area (Å²) in [7, 11) is -2.45. The van der Waals surface area contributed by atoms with Gasteiger partial charge in [0.2, 0.25) is 0 Å². The van der Waals surface area contributed by atoms with Crippen LogP contribution in [0.2, 0.25) is 0 Å². The van der Waals surface area contributed by atoms with Crippen LogP contribution in [0.4, 0.5) is 24.5 Å². The number of sulfonamides is 1. The lowest BCUT2D eigenvalue weighted by molar-refractivity contribution is -0.137. The first-order valence-electron chi connectivity index (χ1n) is 10.7. The second-order valence-electron chi connectivity index (χ2n) is 8.11. The van der Waals surface area contributed by atoms with Crippen LogP contribution in [0.1, 0.15) is 15.9 Å². The van der Waals surface area contributed by atoms with Gasteiger partial charge in [0.1, 0.15) is 22.9 Å². The van der Waals surface area contributed by atoms with Crippen LogP contribution < -0.4 is 14.4 Å². The Labute approximate surface area is 204 Å². The Kier molecular flexibility index (Phi) is 5.62. The zero-order valence-electron chi connectivity index (χ0n) is 18.8. The van der Waals surface area contributed by atoms with E-state index in [1.54, 1.807) is 36.1 Å². The number of ether oxygens (including phenoxy) is 1. The Bertz CT molecular complexity index is 1580. The van der Waals surface area contributed by atoms with E-state index in [4.69, 9.17) is 4.74 Å². The number of pyridine rings is 1. The summed E-state index contributed by atoms with van der Waals surface area (Å²) in [6, 6.07) is 11.6. The smallest absolute Gasteiger partial charge is 0.416 e. The van der Waals surface area contributed by atoms with Crippen molar-refractivity contribution in [1.82, 2.24) is 9.55 Å². The van der Waals surface area contributed by atoms with Gasteiger partial charge in [-0.25, -0.2) is 13.4 Å². The summed E-state index contributed by atoms with van der Waals surface area (Å²) in [5, 5.41) is 3.34. The number of alkyl halides is 3. The van der Waals surface area contributed by atoms with Crippen LogP contribution in [0.5, 0.6) is 5.75 Å². The fraction of sp³-hybridized carbons (Fsp3) is 0.167. The van der Waals surface area contributed by atoms with Gasteiger partial charge < -0.3 is 14.6 Å². The van der Waals surface area contributed by atoms with E-state index in [1.165, 1.54) is 18.2 Å². The van der Waals surface area contributed by atoms with E-state index in [9.17, 15) is 26.4 Å². The summed E-state index contributed by atoms with van der Waals surface area (Å²) in [5.41, 5.74) is 0.371. The highest BCUT2D eigenvalue weighted by Crippen LogP contribution is 2.36. The summed E-state index contributed by atoms with van der Waals surface area (Å²) in [5.74, 6) is -0.378. The predicted molar refractivity (Wildman–Crippen MR) is 127 cm³/mol. The maximum Gasteiger partial charge on any atom is 0.416 e. The third-order valence-corrected chi connectivity index (χ3v) is 7.63. The fourth-order valence-corrected chi connectivity index (χ4v) is 5.67. The van der Waals surface area contributed by atoms with Crippen molar-refractivity contribution in [2.75, 3.05) is 22.8 Å². The number of nitrogens with zero attached hydrogens (tertiary/aromatic N) is 3. The van der Waals surface area contributed by atoms with Gasteiger partial charge in [-0.2, -0.15) is 13.2 Å². The lowest BCUT2D eigenvalue weighted by Crippen LogP contribution is -2.32. The molecule has 0 unspecified atom stereocenters. The molecule has 0 aliphatic carbocycles. The molecule has 0 saturated heterocycles. The highest BCUT2D eigenvalue weighted by Gasteiger charge is 2.34. The average Bonchev–Trinajstić information content (AvgIpc) is 3.12. The Hall–Kier alpha value is -4.06. The van der Waals surface area contributed by atoms with E-state index in [0.717, 1.165) is 28.6 Å². The van der Waals surface area contributed by atoms with Crippen molar-refractivity contribution in [3.8, 4) is 5.75 Å². The number of benzene rings is 2.